The molecule has 3 aromatic rings. The van der Waals surface area contributed by atoms with Gasteiger partial charge in [-0.1, -0.05) is 44.2 Å². The Hall–Kier alpha value is -3.23. The molecular formula is C33H44N4O8S. The highest BCUT2D eigenvalue weighted by Gasteiger charge is 2.54. The maximum absolute atomic E-state index is 14.0. The van der Waals surface area contributed by atoms with Gasteiger partial charge in [0.05, 0.1) is 29.8 Å². The first-order valence-corrected chi connectivity index (χ1v) is 17.5. The molecule has 2 bridgehead atoms. The van der Waals surface area contributed by atoms with Gasteiger partial charge in [-0.25, -0.2) is 13.2 Å². The summed E-state index contributed by atoms with van der Waals surface area (Å²) < 4.78 is 52.7. The summed E-state index contributed by atoms with van der Waals surface area (Å²) in [5.74, 6) is 0.596. The number of hydrogen-bond donors (Lipinski definition) is 3. The third-order valence-electron chi connectivity index (χ3n) is 8.89. The second kappa shape index (κ2) is 13.5. The fourth-order valence-corrected chi connectivity index (χ4v) is 8.33. The van der Waals surface area contributed by atoms with Crippen LogP contribution < -0.4 is 10.6 Å². The maximum atomic E-state index is 14.0. The minimum atomic E-state index is -4.07. The SMILES string of the molecule is CC(C)CN(C[C@@H](O)[C@H](Cc1ccccc1)NC(=O)O[C@H]1C[C@H]2CO[C@H]3O[C@@H]1C[C@@H]23)S(=O)(=O)c1ccc2nc(NC(C)C)oc2c1. The molecule has 13 heteroatoms. The molecule has 1 amide bonds. The molecule has 3 fully saturated rings. The summed E-state index contributed by atoms with van der Waals surface area (Å²) >= 11 is 0. The van der Waals surface area contributed by atoms with Crippen LogP contribution in [0.1, 0.15) is 46.1 Å². The normalized spacial score (nSPS) is 25.3. The zero-order valence-corrected chi connectivity index (χ0v) is 27.5. The zero-order chi connectivity index (χ0) is 32.6. The fraction of sp³-hybridized carbons (Fsp3) is 0.576. The van der Waals surface area contributed by atoms with Gasteiger partial charge in [-0.3, -0.25) is 0 Å². The van der Waals surface area contributed by atoms with E-state index in [0.29, 0.717) is 36.1 Å². The molecule has 3 aliphatic rings. The van der Waals surface area contributed by atoms with Crippen LogP contribution >= 0.6 is 0 Å². The van der Waals surface area contributed by atoms with Crippen molar-refractivity contribution in [1.29, 1.82) is 0 Å². The highest BCUT2D eigenvalue weighted by Crippen LogP contribution is 2.47. The maximum Gasteiger partial charge on any atom is 0.407 e. The van der Waals surface area contributed by atoms with Crippen LogP contribution in [-0.4, -0.2) is 85.3 Å². The van der Waals surface area contributed by atoms with Crippen molar-refractivity contribution >= 4 is 33.2 Å². The van der Waals surface area contributed by atoms with Crippen LogP contribution in [0.25, 0.3) is 11.1 Å². The minimum Gasteiger partial charge on any atom is -0.443 e. The molecule has 2 saturated heterocycles. The van der Waals surface area contributed by atoms with Gasteiger partial charge >= 0.3 is 6.09 Å². The summed E-state index contributed by atoms with van der Waals surface area (Å²) in [5.41, 5.74) is 1.74. The van der Waals surface area contributed by atoms with Gasteiger partial charge in [-0.2, -0.15) is 9.29 Å². The molecule has 6 rings (SSSR count). The summed E-state index contributed by atoms with van der Waals surface area (Å²) in [4.78, 5) is 17.7. The predicted octanol–water partition coefficient (Wildman–Crippen LogP) is 4.14. The second-order valence-corrected chi connectivity index (χ2v) is 15.3. The highest BCUT2D eigenvalue weighted by atomic mass is 32.2. The number of carbonyl (C=O) groups excluding carboxylic acids is 1. The smallest absolute Gasteiger partial charge is 0.407 e. The third-order valence-corrected chi connectivity index (χ3v) is 10.7. The molecule has 2 aliphatic heterocycles. The lowest BCUT2D eigenvalue weighted by Gasteiger charge is -2.33. The van der Waals surface area contributed by atoms with Crippen LogP contribution in [0.5, 0.6) is 0 Å². The number of carbonyl (C=O) groups is 1. The molecule has 7 atom stereocenters. The van der Waals surface area contributed by atoms with Crippen LogP contribution in [0.15, 0.2) is 57.8 Å². The number of sulfonamides is 1. The number of rotatable bonds is 13. The summed E-state index contributed by atoms with van der Waals surface area (Å²) in [7, 11) is -4.07. The number of ether oxygens (including phenoxy) is 3. The molecule has 1 saturated carbocycles. The van der Waals surface area contributed by atoms with E-state index in [2.05, 4.69) is 15.6 Å². The quantitative estimate of drug-likeness (QED) is 0.245. The molecule has 1 aromatic heterocycles. The van der Waals surface area contributed by atoms with Gasteiger partial charge in [0.2, 0.25) is 10.0 Å². The topological polar surface area (TPSA) is 152 Å². The summed E-state index contributed by atoms with van der Waals surface area (Å²) in [5, 5.41) is 17.6. The number of aromatic nitrogens is 1. The Morgan fingerprint density at radius 2 is 1.89 bits per heavy atom. The number of aliphatic hydroxyl groups excluding tert-OH is 1. The lowest BCUT2D eigenvalue weighted by Crippen LogP contribution is -2.52. The number of aliphatic hydroxyl groups is 1. The van der Waals surface area contributed by atoms with Crippen LogP contribution in [0.2, 0.25) is 0 Å². The van der Waals surface area contributed by atoms with Crippen molar-refractivity contribution in [2.45, 2.75) is 88.5 Å². The Morgan fingerprint density at radius 3 is 2.63 bits per heavy atom. The molecule has 0 spiro atoms. The third kappa shape index (κ3) is 7.18. The molecule has 3 heterocycles. The van der Waals surface area contributed by atoms with E-state index in [1.165, 1.54) is 16.4 Å². The van der Waals surface area contributed by atoms with Crippen LogP contribution in [-0.2, 0) is 30.7 Å². The number of anilines is 1. The molecule has 12 nitrogen and oxygen atoms in total. The molecule has 2 aromatic carbocycles. The van der Waals surface area contributed by atoms with E-state index >= 15 is 0 Å². The largest absolute Gasteiger partial charge is 0.443 e. The number of amides is 1. The van der Waals surface area contributed by atoms with Gasteiger partial charge < -0.3 is 34.4 Å². The van der Waals surface area contributed by atoms with Crippen molar-refractivity contribution in [2.75, 3.05) is 25.0 Å². The van der Waals surface area contributed by atoms with Crippen molar-refractivity contribution in [3.05, 3.63) is 54.1 Å². The Bertz CT molecular complexity index is 1610. The number of hydrogen-bond acceptors (Lipinski definition) is 10. The van der Waals surface area contributed by atoms with E-state index in [9.17, 15) is 18.3 Å². The Labute approximate surface area is 269 Å². The molecular weight excluding hydrogens is 612 g/mol. The van der Waals surface area contributed by atoms with Gasteiger partial charge in [0.25, 0.3) is 6.01 Å². The highest BCUT2D eigenvalue weighted by molar-refractivity contribution is 7.89. The van der Waals surface area contributed by atoms with Crippen LogP contribution in [0.3, 0.4) is 0 Å². The number of fused-ring (bicyclic) bond motifs is 2. The van der Waals surface area contributed by atoms with Gasteiger partial charge in [-0.15, -0.1) is 0 Å². The van der Waals surface area contributed by atoms with E-state index < -0.39 is 34.4 Å². The first-order chi connectivity index (χ1) is 22.0. The fourth-order valence-electron chi connectivity index (χ4n) is 6.70. The van der Waals surface area contributed by atoms with E-state index in [-0.39, 0.29) is 54.7 Å². The lowest BCUT2D eigenvalue weighted by molar-refractivity contribution is -0.147. The van der Waals surface area contributed by atoms with E-state index in [4.69, 9.17) is 18.6 Å². The van der Waals surface area contributed by atoms with Crippen molar-refractivity contribution < 1.29 is 36.9 Å². The van der Waals surface area contributed by atoms with E-state index in [1.54, 1.807) is 6.07 Å². The molecule has 250 valence electrons. The number of nitrogens with one attached hydrogen (secondary N) is 2. The average molecular weight is 657 g/mol. The Kier molecular flexibility index (Phi) is 9.58. The minimum absolute atomic E-state index is 0.0255. The predicted molar refractivity (Wildman–Crippen MR) is 171 cm³/mol. The van der Waals surface area contributed by atoms with Crippen molar-refractivity contribution in [3.63, 3.8) is 0 Å². The number of alkyl carbamates (subject to hydrolysis) is 1. The van der Waals surface area contributed by atoms with E-state index in [0.717, 1.165) is 12.0 Å². The Balaban J connectivity index is 1.20. The summed E-state index contributed by atoms with van der Waals surface area (Å²) in [6, 6.07) is 13.6. The van der Waals surface area contributed by atoms with Crippen molar-refractivity contribution in [3.8, 4) is 0 Å². The molecule has 1 aliphatic carbocycles. The molecule has 46 heavy (non-hydrogen) atoms. The lowest BCUT2D eigenvalue weighted by atomic mass is 9.80. The average Bonchev–Trinajstić information content (AvgIpc) is 3.68. The Morgan fingerprint density at radius 1 is 1.11 bits per heavy atom. The van der Waals surface area contributed by atoms with Gasteiger partial charge in [0, 0.05) is 31.1 Å². The molecule has 0 unspecified atom stereocenters. The summed E-state index contributed by atoms with van der Waals surface area (Å²) in [6.07, 6.45) is -1.05. The van der Waals surface area contributed by atoms with Gasteiger partial charge in [0.15, 0.2) is 11.9 Å². The molecule has 3 N–H and O–H groups in total. The van der Waals surface area contributed by atoms with Crippen LogP contribution in [0, 0.1) is 17.8 Å². The van der Waals surface area contributed by atoms with E-state index in [1.807, 2.05) is 58.0 Å². The first-order valence-electron chi connectivity index (χ1n) is 16.1. The number of oxazole rings is 1. The van der Waals surface area contributed by atoms with Crippen molar-refractivity contribution in [1.82, 2.24) is 14.6 Å². The first kappa shape index (κ1) is 32.7. The van der Waals surface area contributed by atoms with Crippen molar-refractivity contribution in [2.24, 2.45) is 17.8 Å². The molecule has 0 radical (unpaired) electrons. The summed E-state index contributed by atoms with van der Waals surface area (Å²) in [6.45, 7) is 8.23. The monoisotopic (exact) mass is 656 g/mol. The van der Waals surface area contributed by atoms with Crippen LogP contribution in [0.4, 0.5) is 10.8 Å². The number of benzene rings is 2. The van der Waals surface area contributed by atoms with Gasteiger partial charge in [-0.05, 0) is 62.6 Å². The second-order valence-electron chi connectivity index (χ2n) is 13.4. The number of nitrogens with zero attached hydrogens (tertiary/aromatic N) is 2. The standard InChI is InChI=1S/C33H44N4O8S/c1-19(2)16-37(46(40,41)23-10-11-25-28(14-23)44-32(35-25)34-20(3)4)17-27(38)26(12-21-8-6-5-7-9-21)36-33(39)45-29-13-22-18-42-31-24(22)15-30(29)43-31/h5-11,14,19-20,22,24,26-27,29-31,38H,12-13,15-18H2,1-4H3,(H,34,35)(H,36,39)/t22-,24-,26-,27+,29-,30+,31-/m0/s1. The van der Waals surface area contributed by atoms with Gasteiger partial charge in [0.1, 0.15) is 11.6 Å². The zero-order valence-electron chi connectivity index (χ0n) is 26.7.